The van der Waals surface area contributed by atoms with E-state index in [2.05, 4.69) is 0 Å². The fraction of sp³-hybridized carbons (Fsp3) is 0.0625. The Kier molecular flexibility index (Phi) is 3.16. The van der Waals surface area contributed by atoms with E-state index >= 15 is 0 Å². The van der Waals surface area contributed by atoms with E-state index in [1.165, 1.54) is 12.1 Å². The van der Waals surface area contributed by atoms with Crippen molar-refractivity contribution in [3.8, 4) is 11.3 Å². The SMILES string of the molecule is NC(=O)c1cc(-c2ccc(C(F)(F)F)cc2)n2ccccc12. The second-order valence-corrected chi connectivity index (χ2v) is 4.84. The van der Waals surface area contributed by atoms with Crippen LogP contribution in [0.2, 0.25) is 0 Å². The van der Waals surface area contributed by atoms with Gasteiger partial charge in [-0.25, -0.2) is 0 Å². The molecule has 2 heterocycles. The average molecular weight is 304 g/mol. The maximum Gasteiger partial charge on any atom is 0.416 e. The van der Waals surface area contributed by atoms with Crippen molar-refractivity contribution in [1.29, 1.82) is 0 Å². The van der Waals surface area contributed by atoms with Crippen molar-refractivity contribution >= 4 is 11.4 Å². The first-order valence-corrected chi connectivity index (χ1v) is 6.45. The Balaban J connectivity index is 2.16. The summed E-state index contributed by atoms with van der Waals surface area (Å²) in [5, 5.41) is 0. The number of alkyl halides is 3. The number of benzene rings is 1. The Hall–Kier alpha value is -2.76. The Morgan fingerprint density at radius 3 is 2.32 bits per heavy atom. The number of amides is 1. The van der Waals surface area contributed by atoms with E-state index < -0.39 is 17.6 Å². The van der Waals surface area contributed by atoms with Crippen LogP contribution >= 0.6 is 0 Å². The van der Waals surface area contributed by atoms with Crippen molar-refractivity contribution < 1.29 is 18.0 Å². The molecule has 3 nitrogen and oxygen atoms in total. The summed E-state index contributed by atoms with van der Waals surface area (Å²) in [5.74, 6) is -0.582. The number of pyridine rings is 1. The van der Waals surface area contributed by atoms with Gasteiger partial charge < -0.3 is 10.1 Å². The molecule has 2 N–H and O–H groups in total. The minimum Gasteiger partial charge on any atom is -0.366 e. The number of aromatic nitrogens is 1. The van der Waals surface area contributed by atoms with Gasteiger partial charge in [-0.2, -0.15) is 13.2 Å². The molecule has 0 unspecified atom stereocenters. The van der Waals surface area contributed by atoms with Crippen molar-refractivity contribution in [2.75, 3.05) is 0 Å². The van der Waals surface area contributed by atoms with E-state index in [1.807, 2.05) is 0 Å². The van der Waals surface area contributed by atoms with Gasteiger partial charge in [0.15, 0.2) is 0 Å². The highest BCUT2D eigenvalue weighted by Gasteiger charge is 2.30. The summed E-state index contributed by atoms with van der Waals surface area (Å²) in [5.41, 5.74) is 6.76. The van der Waals surface area contributed by atoms with Crippen LogP contribution in [0.25, 0.3) is 16.8 Å². The third-order valence-corrected chi connectivity index (χ3v) is 3.45. The van der Waals surface area contributed by atoms with Crippen LogP contribution in [-0.2, 0) is 6.18 Å². The summed E-state index contributed by atoms with van der Waals surface area (Å²) in [6.45, 7) is 0. The van der Waals surface area contributed by atoms with Gasteiger partial charge in [-0.3, -0.25) is 4.79 Å². The number of hydrogen-bond donors (Lipinski definition) is 1. The summed E-state index contributed by atoms with van der Waals surface area (Å²) in [4.78, 5) is 11.5. The first-order valence-electron chi connectivity index (χ1n) is 6.45. The molecule has 3 rings (SSSR count). The molecule has 1 amide bonds. The van der Waals surface area contributed by atoms with Gasteiger partial charge >= 0.3 is 6.18 Å². The Morgan fingerprint density at radius 1 is 1.05 bits per heavy atom. The zero-order chi connectivity index (χ0) is 15.9. The zero-order valence-electron chi connectivity index (χ0n) is 11.3. The van der Waals surface area contributed by atoms with Crippen LogP contribution in [0, 0.1) is 0 Å². The minimum absolute atomic E-state index is 0.329. The molecule has 112 valence electrons. The lowest BCUT2D eigenvalue weighted by Gasteiger charge is -2.08. The summed E-state index contributed by atoms with van der Waals surface area (Å²) < 4.78 is 39.6. The van der Waals surface area contributed by atoms with Gasteiger partial charge in [0, 0.05) is 6.20 Å². The van der Waals surface area contributed by atoms with Gasteiger partial charge in [0.1, 0.15) is 0 Å². The fourth-order valence-corrected chi connectivity index (χ4v) is 2.40. The van der Waals surface area contributed by atoms with Gasteiger partial charge in [-0.15, -0.1) is 0 Å². The summed E-state index contributed by atoms with van der Waals surface area (Å²) in [6.07, 6.45) is -2.65. The molecule has 0 radical (unpaired) electrons. The summed E-state index contributed by atoms with van der Waals surface area (Å²) in [7, 11) is 0. The second-order valence-electron chi connectivity index (χ2n) is 4.84. The normalized spacial score (nSPS) is 11.8. The van der Waals surface area contributed by atoms with Crippen molar-refractivity contribution in [1.82, 2.24) is 4.40 Å². The maximum absolute atomic E-state index is 12.6. The molecule has 2 aromatic heterocycles. The van der Waals surface area contributed by atoms with E-state index in [0.717, 1.165) is 12.1 Å². The Bertz CT molecular complexity index is 848. The predicted octanol–water partition coefficient (Wildman–Crippen LogP) is 3.72. The van der Waals surface area contributed by atoms with Crippen molar-refractivity contribution in [2.45, 2.75) is 6.18 Å². The van der Waals surface area contributed by atoms with Crippen LogP contribution in [0.5, 0.6) is 0 Å². The van der Waals surface area contributed by atoms with Crippen molar-refractivity contribution in [3.05, 3.63) is 65.9 Å². The molecule has 0 bridgehead atoms. The van der Waals surface area contributed by atoms with Gasteiger partial charge in [0.05, 0.1) is 22.3 Å². The monoisotopic (exact) mass is 304 g/mol. The molecule has 0 aliphatic rings. The first-order chi connectivity index (χ1) is 10.4. The lowest BCUT2D eigenvalue weighted by atomic mass is 10.1. The van der Waals surface area contributed by atoms with E-state index in [-0.39, 0.29) is 0 Å². The van der Waals surface area contributed by atoms with E-state index in [0.29, 0.717) is 22.3 Å². The molecule has 1 aromatic carbocycles. The smallest absolute Gasteiger partial charge is 0.366 e. The van der Waals surface area contributed by atoms with Gasteiger partial charge in [0.25, 0.3) is 5.91 Å². The quantitative estimate of drug-likeness (QED) is 0.770. The number of nitrogens with two attached hydrogens (primary N) is 1. The predicted molar refractivity (Wildman–Crippen MR) is 76.4 cm³/mol. The van der Waals surface area contributed by atoms with Crippen LogP contribution in [0.15, 0.2) is 54.7 Å². The fourth-order valence-electron chi connectivity index (χ4n) is 2.40. The van der Waals surface area contributed by atoms with Gasteiger partial charge in [-0.05, 0) is 35.9 Å². The maximum atomic E-state index is 12.6. The molecule has 3 aromatic rings. The van der Waals surface area contributed by atoms with Crippen molar-refractivity contribution in [2.24, 2.45) is 5.73 Å². The molecule has 0 spiro atoms. The van der Waals surface area contributed by atoms with Crippen LogP contribution in [0.3, 0.4) is 0 Å². The Morgan fingerprint density at radius 2 is 1.73 bits per heavy atom. The van der Waals surface area contributed by atoms with Crippen LogP contribution in [0.1, 0.15) is 15.9 Å². The van der Waals surface area contributed by atoms with Gasteiger partial charge in [0.2, 0.25) is 0 Å². The van der Waals surface area contributed by atoms with E-state index in [4.69, 9.17) is 5.73 Å². The molecule has 0 fully saturated rings. The molecule has 6 heteroatoms. The largest absolute Gasteiger partial charge is 0.416 e. The lowest BCUT2D eigenvalue weighted by Crippen LogP contribution is -2.10. The second kappa shape index (κ2) is 4.91. The molecule has 0 aliphatic heterocycles. The third kappa shape index (κ3) is 2.32. The molecule has 0 saturated carbocycles. The average Bonchev–Trinajstić information content (AvgIpc) is 2.86. The molecule has 22 heavy (non-hydrogen) atoms. The minimum atomic E-state index is -4.38. The standard InChI is InChI=1S/C16H11F3N2O/c17-16(18,19)11-6-4-10(5-7-11)14-9-12(15(20)22)13-3-1-2-8-21(13)14/h1-9H,(H2,20,22). The topological polar surface area (TPSA) is 47.5 Å². The number of rotatable bonds is 2. The highest BCUT2D eigenvalue weighted by Crippen LogP contribution is 2.32. The first kappa shape index (κ1) is 14.2. The molecule has 0 aliphatic carbocycles. The molecular formula is C16H11F3N2O. The molecular weight excluding hydrogens is 293 g/mol. The Labute approximate surface area is 123 Å². The number of carbonyl (C=O) groups excluding carboxylic acids is 1. The number of halogens is 3. The van der Waals surface area contributed by atoms with Crippen LogP contribution in [0.4, 0.5) is 13.2 Å². The summed E-state index contributed by atoms with van der Waals surface area (Å²) in [6, 6.07) is 11.6. The highest BCUT2D eigenvalue weighted by atomic mass is 19.4. The number of nitrogens with zero attached hydrogens (tertiary/aromatic N) is 1. The van der Waals surface area contributed by atoms with Gasteiger partial charge in [-0.1, -0.05) is 18.2 Å². The van der Waals surface area contributed by atoms with Crippen LogP contribution < -0.4 is 5.73 Å². The molecule has 0 atom stereocenters. The number of primary amides is 1. The third-order valence-electron chi connectivity index (χ3n) is 3.45. The number of hydrogen-bond acceptors (Lipinski definition) is 1. The zero-order valence-corrected chi connectivity index (χ0v) is 11.3. The van der Waals surface area contributed by atoms with Crippen molar-refractivity contribution in [3.63, 3.8) is 0 Å². The van der Waals surface area contributed by atoms with Crippen LogP contribution in [-0.4, -0.2) is 10.3 Å². The van der Waals surface area contributed by atoms with E-state index in [1.54, 1.807) is 34.9 Å². The molecule has 0 saturated heterocycles. The summed E-state index contributed by atoms with van der Waals surface area (Å²) >= 11 is 0. The van der Waals surface area contributed by atoms with E-state index in [9.17, 15) is 18.0 Å². The number of carbonyl (C=O) groups is 1. The lowest BCUT2D eigenvalue weighted by molar-refractivity contribution is -0.137. The highest BCUT2D eigenvalue weighted by molar-refractivity contribution is 6.01. The number of fused-ring (bicyclic) bond motifs is 1.